The summed E-state index contributed by atoms with van der Waals surface area (Å²) in [5.74, 6) is 5.78. The summed E-state index contributed by atoms with van der Waals surface area (Å²) in [7, 11) is 0. The Kier molecular flexibility index (Phi) is 5.16. The Bertz CT molecular complexity index is 121. The van der Waals surface area contributed by atoms with Gasteiger partial charge in [-0.3, -0.25) is 5.84 Å². The molecule has 66 valence electrons. The molecule has 2 nitrogen and oxygen atoms in total. The maximum atomic E-state index is 5.78. The van der Waals surface area contributed by atoms with Gasteiger partial charge in [-0.2, -0.15) is 0 Å². The lowest BCUT2D eigenvalue weighted by atomic mass is 10.1. The minimum absolute atomic E-state index is 0.319. The van der Waals surface area contributed by atoms with Gasteiger partial charge in [0.1, 0.15) is 0 Å². The number of hydrogen-bond donors (Lipinski definition) is 1. The number of rotatable bonds is 5. The van der Waals surface area contributed by atoms with E-state index in [1.165, 1.54) is 5.57 Å². The minimum atomic E-state index is 0.319. The van der Waals surface area contributed by atoms with Crippen molar-refractivity contribution in [3.05, 3.63) is 12.2 Å². The van der Waals surface area contributed by atoms with Gasteiger partial charge in [-0.05, 0) is 19.8 Å². The summed E-state index contributed by atoms with van der Waals surface area (Å²) in [6.07, 6.45) is 2.11. The van der Waals surface area contributed by atoms with Crippen LogP contribution in [0.15, 0.2) is 12.2 Å². The second kappa shape index (κ2) is 5.33. The molecule has 0 bridgehead atoms. The highest BCUT2D eigenvalue weighted by Crippen LogP contribution is 2.08. The van der Waals surface area contributed by atoms with E-state index in [9.17, 15) is 0 Å². The summed E-state index contributed by atoms with van der Waals surface area (Å²) in [6, 6.07) is 0.319. The topological polar surface area (TPSA) is 29.3 Å². The van der Waals surface area contributed by atoms with E-state index in [2.05, 4.69) is 27.4 Å². The lowest BCUT2D eigenvalue weighted by Crippen LogP contribution is -2.40. The van der Waals surface area contributed by atoms with Gasteiger partial charge in [-0.15, -0.1) is 0 Å². The van der Waals surface area contributed by atoms with Crippen molar-refractivity contribution < 1.29 is 0 Å². The molecule has 0 aromatic carbocycles. The van der Waals surface area contributed by atoms with E-state index < -0.39 is 0 Å². The van der Waals surface area contributed by atoms with E-state index in [-0.39, 0.29) is 0 Å². The third kappa shape index (κ3) is 3.54. The number of hydrazine groups is 1. The molecule has 1 unspecified atom stereocenters. The van der Waals surface area contributed by atoms with Gasteiger partial charge in [0.25, 0.3) is 0 Å². The number of nitrogens with two attached hydrogens (primary N) is 1. The smallest absolute Gasteiger partial charge is 0.0419 e. The van der Waals surface area contributed by atoms with Crippen molar-refractivity contribution in [1.29, 1.82) is 0 Å². The average molecular weight is 156 g/mol. The maximum absolute atomic E-state index is 5.78. The average Bonchev–Trinajstić information content (AvgIpc) is 2.02. The van der Waals surface area contributed by atoms with Crippen molar-refractivity contribution in [2.24, 2.45) is 5.84 Å². The fourth-order valence-electron chi connectivity index (χ4n) is 0.982. The molecule has 1 atom stereocenters. The van der Waals surface area contributed by atoms with Crippen LogP contribution in [0, 0.1) is 0 Å². The molecule has 2 N–H and O–H groups in total. The Morgan fingerprint density at radius 3 is 2.45 bits per heavy atom. The van der Waals surface area contributed by atoms with E-state index in [1.807, 2.05) is 5.01 Å². The molecule has 0 heterocycles. The van der Waals surface area contributed by atoms with Gasteiger partial charge in [-0.1, -0.05) is 26.0 Å². The Hall–Kier alpha value is -0.340. The van der Waals surface area contributed by atoms with Crippen LogP contribution in [-0.2, 0) is 0 Å². The third-order valence-corrected chi connectivity index (χ3v) is 2.02. The lowest BCUT2D eigenvalue weighted by molar-refractivity contribution is 0.238. The van der Waals surface area contributed by atoms with Crippen LogP contribution in [-0.4, -0.2) is 17.6 Å². The van der Waals surface area contributed by atoms with Crippen LogP contribution in [0.4, 0.5) is 0 Å². The van der Waals surface area contributed by atoms with Crippen LogP contribution >= 0.6 is 0 Å². The van der Waals surface area contributed by atoms with Crippen molar-refractivity contribution in [1.82, 2.24) is 5.01 Å². The van der Waals surface area contributed by atoms with E-state index in [4.69, 9.17) is 5.84 Å². The van der Waals surface area contributed by atoms with Gasteiger partial charge in [0, 0.05) is 12.6 Å². The predicted molar refractivity (Wildman–Crippen MR) is 50.1 cm³/mol. The van der Waals surface area contributed by atoms with Gasteiger partial charge in [-0.25, -0.2) is 5.01 Å². The van der Waals surface area contributed by atoms with Crippen molar-refractivity contribution in [3.8, 4) is 0 Å². The molecule has 0 spiro atoms. The molecule has 0 rings (SSSR count). The molecule has 0 fully saturated rings. The first kappa shape index (κ1) is 10.7. The Labute approximate surface area is 70.0 Å². The zero-order chi connectivity index (χ0) is 8.85. The van der Waals surface area contributed by atoms with E-state index in [0.29, 0.717) is 6.04 Å². The molecule has 0 saturated heterocycles. The molecular weight excluding hydrogens is 136 g/mol. The van der Waals surface area contributed by atoms with Crippen LogP contribution in [0.3, 0.4) is 0 Å². The Balaban J connectivity index is 3.80. The van der Waals surface area contributed by atoms with Crippen molar-refractivity contribution >= 4 is 0 Å². The summed E-state index contributed by atoms with van der Waals surface area (Å²) in [6.45, 7) is 11.2. The predicted octanol–water partition coefficient (Wildman–Crippen LogP) is 1.93. The molecule has 0 aromatic rings. The molecule has 0 saturated carbocycles. The minimum Gasteiger partial charge on any atom is -0.268 e. The van der Waals surface area contributed by atoms with Gasteiger partial charge >= 0.3 is 0 Å². The van der Waals surface area contributed by atoms with Crippen LogP contribution in [0.5, 0.6) is 0 Å². The largest absolute Gasteiger partial charge is 0.268 e. The first-order chi connectivity index (χ1) is 5.13. The van der Waals surface area contributed by atoms with Gasteiger partial charge in [0.15, 0.2) is 0 Å². The summed E-state index contributed by atoms with van der Waals surface area (Å²) in [5.41, 5.74) is 1.21. The highest BCUT2D eigenvalue weighted by molar-refractivity contribution is 5.02. The van der Waals surface area contributed by atoms with Gasteiger partial charge in [0.2, 0.25) is 0 Å². The first-order valence-corrected chi connectivity index (χ1v) is 4.32. The van der Waals surface area contributed by atoms with E-state index >= 15 is 0 Å². The SMILES string of the molecule is C=C(CC)C(C)N(N)CCC. The van der Waals surface area contributed by atoms with Crippen LogP contribution < -0.4 is 5.84 Å². The molecule has 0 radical (unpaired) electrons. The molecule has 0 amide bonds. The zero-order valence-corrected chi connectivity index (χ0v) is 7.93. The second-order valence-electron chi connectivity index (χ2n) is 2.93. The zero-order valence-electron chi connectivity index (χ0n) is 7.93. The monoisotopic (exact) mass is 156 g/mol. The van der Waals surface area contributed by atoms with Gasteiger partial charge < -0.3 is 0 Å². The van der Waals surface area contributed by atoms with Crippen molar-refractivity contribution in [3.63, 3.8) is 0 Å². The standard InChI is InChI=1S/C9H20N2/c1-5-7-11(10)9(4)8(3)6-2/h9H,3,5-7,10H2,1-2,4H3. The van der Waals surface area contributed by atoms with E-state index in [1.54, 1.807) is 0 Å². The summed E-state index contributed by atoms with van der Waals surface area (Å²) in [4.78, 5) is 0. The van der Waals surface area contributed by atoms with Crippen molar-refractivity contribution in [2.75, 3.05) is 6.54 Å². The molecular formula is C9H20N2. The van der Waals surface area contributed by atoms with Crippen LogP contribution in [0.1, 0.15) is 33.6 Å². The lowest BCUT2D eigenvalue weighted by Gasteiger charge is -2.24. The van der Waals surface area contributed by atoms with Crippen LogP contribution in [0.2, 0.25) is 0 Å². The highest BCUT2D eigenvalue weighted by Gasteiger charge is 2.09. The molecule has 0 aliphatic rings. The Morgan fingerprint density at radius 2 is 2.09 bits per heavy atom. The first-order valence-electron chi connectivity index (χ1n) is 4.32. The number of hydrogen-bond acceptors (Lipinski definition) is 2. The second-order valence-corrected chi connectivity index (χ2v) is 2.93. The highest BCUT2D eigenvalue weighted by atomic mass is 15.4. The van der Waals surface area contributed by atoms with Crippen molar-refractivity contribution in [2.45, 2.75) is 39.7 Å². The summed E-state index contributed by atoms with van der Waals surface area (Å²) in [5, 5.41) is 1.85. The quantitative estimate of drug-likeness (QED) is 0.374. The Morgan fingerprint density at radius 1 is 1.55 bits per heavy atom. The summed E-state index contributed by atoms with van der Waals surface area (Å²) >= 11 is 0. The normalized spacial score (nSPS) is 13.5. The molecule has 2 heteroatoms. The maximum Gasteiger partial charge on any atom is 0.0419 e. The molecule has 0 aromatic heterocycles. The molecule has 0 aliphatic carbocycles. The fraction of sp³-hybridized carbons (Fsp3) is 0.778. The van der Waals surface area contributed by atoms with E-state index in [0.717, 1.165) is 19.4 Å². The molecule has 11 heavy (non-hydrogen) atoms. The fourth-order valence-corrected chi connectivity index (χ4v) is 0.982. The molecule has 0 aliphatic heterocycles. The third-order valence-electron chi connectivity index (χ3n) is 2.02. The van der Waals surface area contributed by atoms with Gasteiger partial charge in [0.05, 0.1) is 0 Å². The number of nitrogens with zero attached hydrogens (tertiary/aromatic N) is 1. The summed E-state index contributed by atoms with van der Waals surface area (Å²) < 4.78 is 0. The van der Waals surface area contributed by atoms with Crippen LogP contribution in [0.25, 0.3) is 0 Å².